The molecule has 0 atom stereocenters. The van der Waals surface area contributed by atoms with E-state index in [0.717, 1.165) is 26.7 Å². The normalized spacial score (nSPS) is 12.2. The molecule has 0 amide bonds. The quantitative estimate of drug-likeness (QED) is 0.291. The Labute approximate surface area is 197 Å². The van der Waals surface area contributed by atoms with Crippen LogP contribution in [0.4, 0.5) is 22.6 Å². The minimum atomic E-state index is -4.93. The molecule has 0 bridgehead atoms. The van der Waals surface area contributed by atoms with E-state index < -0.39 is 34.1 Å². The summed E-state index contributed by atoms with van der Waals surface area (Å²) in [5, 5.41) is 1.14. The van der Waals surface area contributed by atoms with Crippen molar-refractivity contribution in [2.24, 2.45) is 0 Å². The van der Waals surface area contributed by atoms with Crippen LogP contribution in [0.2, 0.25) is 0 Å². The SMILES string of the molecule is COc1ccncc1S(=O)(=O)N(Cc1ccc(F)c(C(F)(F)F)c1)c1sc2ccccc2c1C. The summed E-state index contributed by atoms with van der Waals surface area (Å²) in [6.45, 7) is 1.28. The second-order valence-electron chi connectivity index (χ2n) is 7.38. The van der Waals surface area contributed by atoms with Crippen LogP contribution in [0.15, 0.2) is 65.8 Å². The molecule has 178 valence electrons. The molecule has 0 aliphatic heterocycles. The van der Waals surface area contributed by atoms with Crippen molar-refractivity contribution < 1.29 is 30.7 Å². The van der Waals surface area contributed by atoms with E-state index >= 15 is 0 Å². The predicted molar refractivity (Wildman–Crippen MR) is 122 cm³/mol. The van der Waals surface area contributed by atoms with Gasteiger partial charge in [0, 0.05) is 10.9 Å². The van der Waals surface area contributed by atoms with E-state index in [2.05, 4.69) is 4.98 Å². The molecule has 4 rings (SSSR count). The number of methoxy groups -OCH3 is 1. The lowest BCUT2D eigenvalue weighted by atomic mass is 10.1. The number of alkyl halides is 3. The molecule has 5 nitrogen and oxygen atoms in total. The third kappa shape index (κ3) is 4.32. The summed E-state index contributed by atoms with van der Waals surface area (Å²) in [4.78, 5) is 3.64. The first-order valence-electron chi connectivity index (χ1n) is 9.88. The van der Waals surface area contributed by atoms with Gasteiger partial charge in [-0.3, -0.25) is 9.29 Å². The molecule has 0 saturated carbocycles. The Hall–Kier alpha value is -3.18. The highest BCUT2D eigenvalue weighted by Gasteiger charge is 2.36. The number of halogens is 4. The molecule has 0 aliphatic rings. The summed E-state index contributed by atoms with van der Waals surface area (Å²) in [6.07, 6.45) is -2.44. The van der Waals surface area contributed by atoms with Gasteiger partial charge in [-0.15, -0.1) is 11.3 Å². The van der Waals surface area contributed by atoms with Gasteiger partial charge in [-0.1, -0.05) is 24.3 Å². The Kier molecular flexibility index (Phi) is 6.26. The van der Waals surface area contributed by atoms with Crippen molar-refractivity contribution in [2.45, 2.75) is 24.5 Å². The molecule has 2 aromatic heterocycles. The Morgan fingerprint density at radius 1 is 1.12 bits per heavy atom. The van der Waals surface area contributed by atoms with E-state index in [4.69, 9.17) is 4.74 Å². The number of aromatic nitrogens is 1. The molecule has 0 aliphatic carbocycles. The lowest BCUT2D eigenvalue weighted by Crippen LogP contribution is -2.31. The van der Waals surface area contributed by atoms with Gasteiger partial charge in [0.25, 0.3) is 10.0 Å². The van der Waals surface area contributed by atoms with E-state index in [1.165, 1.54) is 30.7 Å². The number of nitrogens with zero attached hydrogens (tertiary/aromatic N) is 2. The van der Waals surface area contributed by atoms with Crippen LogP contribution in [0.1, 0.15) is 16.7 Å². The van der Waals surface area contributed by atoms with E-state index in [-0.39, 0.29) is 16.2 Å². The number of hydrogen-bond donors (Lipinski definition) is 0. The number of aryl methyl sites for hydroxylation is 1. The van der Waals surface area contributed by atoms with Crippen LogP contribution >= 0.6 is 11.3 Å². The predicted octanol–water partition coefficient (Wildman–Crippen LogP) is 6.17. The first-order valence-corrected chi connectivity index (χ1v) is 12.1. The summed E-state index contributed by atoms with van der Waals surface area (Å²) in [7, 11) is -3.04. The maximum Gasteiger partial charge on any atom is 0.419 e. The largest absolute Gasteiger partial charge is 0.495 e. The van der Waals surface area contributed by atoms with Crippen molar-refractivity contribution >= 4 is 36.4 Å². The Morgan fingerprint density at radius 2 is 1.85 bits per heavy atom. The van der Waals surface area contributed by atoms with Crippen LogP contribution in [0.3, 0.4) is 0 Å². The molecule has 0 N–H and O–H groups in total. The molecule has 0 radical (unpaired) electrons. The number of sulfonamides is 1. The lowest BCUT2D eigenvalue weighted by Gasteiger charge is -2.25. The molecule has 0 unspecified atom stereocenters. The summed E-state index contributed by atoms with van der Waals surface area (Å²) in [6, 6.07) is 11.1. The zero-order valence-electron chi connectivity index (χ0n) is 17.9. The van der Waals surface area contributed by atoms with Gasteiger partial charge >= 0.3 is 6.18 Å². The van der Waals surface area contributed by atoms with Gasteiger partial charge in [0.2, 0.25) is 0 Å². The Morgan fingerprint density at radius 3 is 2.53 bits per heavy atom. The van der Waals surface area contributed by atoms with Gasteiger partial charge in [-0.25, -0.2) is 12.8 Å². The number of fused-ring (bicyclic) bond motifs is 1. The highest BCUT2D eigenvalue weighted by atomic mass is 32.2. The molecule has 4 aromatic rings. The van der Waals surface area contributed by atoms with Gasteiger partial charge in [0.15, 0.2) is 0 Å². The summed E-state index contributed by atoms with van der Waals surface area (Å²) >= 11 is 1.19. The first-order chi connectivity index (χ1) is 16.0. The number of anilines is 1. The number of hydrogen-bond acceptors (Lipinski definition) is 5. The van der Waals surface area contributed by atoms with Crippen molar-refractivity contribution in [3.05, 3.63) is 83.4 Å². The van der Waals surface area contributed by atoms with Gasteiger partial charge in [0.1, 0.15) is 21.5 Å². The smallest absolute Gasteiger partial charge is 0.419 e. The van der Waals surface area contributed by atoms with Crippen LogP contribution in [0.5, 0.6) is 5.75 Å². The molecule has 2 heterocycles. The van der Waals surface area contributed by atoms with E-state index in [0.29, 0.717) is 22.7 Å². The second kappa shape index (κ2) is 8.88. The molecule has 0 spiro atoms. The highest BCUT2D eigenvalue weighted by molar-refractivity contribution is 7.93. The standard InChI is InChI=1S/C23H18F4N2O3S2/c1-14-16-5-3-4-6-20(16)33-22(14)29(34(30,31)21-12-28-10-9-19(21)32-2)13-15-7-8-18(24)17(11-15)23(25,26)27/h3-12H,13H2,1-2H3. The maximum absolute atomic E-state index is 13.9. The van der Waals surface area contributed by atoms with E-state index in [1.807, 2.05) is 18.2 Å². The highest BCUT2D eigenvalue weighted by Crippen LogP contribution is 2.42. The number of thiophene rings is 1. The minimum Gasteiger partial charge on any atom is -0.495 e. The Balaban J connectivity index is 1.92. The second-order valence-corrected chi connectivity index (χ2v) is 10.2. The third-order valence-corrected chi connectivity index (χ3v) is 8.41. The minimum absolute atomic E-state index is 0.0305. The van der Waals surface area contributed by atoms with Crippen LogP contribution in [0.25, 0.3) is 10.1 Å². The van der Waals surface area contributed by atoms with Gasteiger partial charge in [-0.05, 0) is 47.7 Å². The summed E-state index contributed by atoms with van der Waals surface area (Å²) < 4.78 is 88.4. The van der Waals surface area contributed by atoms with Crippen molar-refractivity contribution in [3.63, 3.8) is 0 Å². The molecule has 11 heteroatoms. The molecule has 2 aromatic carbocycles. The van der Waals surface area contributed by atoms with E-state index in [1.54, 1.807) is 13.0 Å². The maximum atomic E-state index is 13.9. The van der Waals surface area contributed by atoms with Gasteiger partial charge < -0.3 is 4.74 Å². The first kappa shape index (κ1) is 24.0. The van der Waals surface area contributed by atoms with Crippen molar-refractivity contribution in [2.75, 3.05) is 11.4 Å². The monoisotopic (exact) mass is 510 g/mol. The van der Waals surface area contributed by atoms with Crippen LogP contribution in [-0.4, -0.2) is 20.5 Å². The van der Waals surface area contributed by atoms with Gasteiger partial charge in [0.05, 0.1) is 25.4 Å². The Bertz CT molecular complexity index is 1470. The summed E-state index contributed by atoms with van der Waals surface area (Å²) in [5.74, 6) is -1.40. The fraction of sp³-hybridized carbons (Fsp3) is 0.174. The average Bonchev–Trinajstić information content (AvgIpc) is 3.13. The number of benzene rings is 2. The molecule has 34 heavy (non-hydrogen) atoms. The third-order valence-electron chi connectivity index (χ3n) is 5.24. The van der Waals surface area contributed by atoms with Crippen molar-refractivity contribution in [3.8, 4) is 5.75 Å². The fourth-order valence-corrected chi connectivity index (χ4v) is 6.60. The number of rotatable bonds is 6. The average molecular weight is 511 g/mol. The summed E-state index contributed by atoms with van der Waals surface area (Å²) in [5.41, 5.74) is -0.850. The topological polar surface area (TPSA) is 59.5 Å². The fourth-order valence-electron chi connectivity index (χ4n) is 3.57. The molecule has 0 fully saturated rings. The van der Waals surface area contributed by atoms with Crippen LogP contribution < -0.4 is 9.04 Å². The zero-order chi connectivity index (χ0) is 24.7. The van der Waals surface area contributed by atoms with Crippen molar-refractivity contribution in [1.29, 1.82) is 0 Å². The molecule has 0 saturated heterocycles. The molecular weight excluding hydrogens is 492 g/mol. The van der Waals surface area contributed by atoms with E-state index in [9.17, 15) is 26.0 Å². The van der Waals surface area contributed by atoms with Crippen molar-refractivity contribution in [1.82, 2.24) is 4.98 Å². The number of pyridine rings is 1. The molecular formula is C23H18F4N2O3S2. The van der Waals surface area contributed by atoms with Gasteiger partial charge in [-0.2, -0.15) is 13.2 Å². The number of ether oxygens (including phenoxy) is 1. The van der Waals surface area contributed by atoms with Crippen LogP contribution in [-0.2, 0) is 22.7 Å². The zero-order valence-corrected chi connectivity index (χ0v) is 19.6. The van der Waals surface area contributed by atoms with Crippen LogP contribution in [0, 0.1) is 12.7 Å². The lowest BCUT2D eigenvalue weighted by molar-refractivity contribution is -0.140.